The van der Waals surface area contributed by atoms with Crippen molar-refractivity contribution in [2.24, 2.45) is 23.7 Å². The lowest BCUT2D eigenvalue weighted by atomic mass is 9.72. The molecule has 1 aromatic heterocycles. The Balaban J connectivity index is 1.48. The van der Waals surface area contributed by atoms with Crippen molar-refractivity contribution in [1.82, 2.24) is 19.7 Å². The highest BCUT2D eigenvalue weighted by atomic mass is 16.7. The van der Waals surface area contributed by atoms with Gasteiger partial charge in [-0.15, -0.1) is 0 Å². The molecule has 13 atom stereocenters. The molecule has 3 aliphatic heterocycles. The number of cyclic esters (lactones) is 1. The smallest absolute Gasteiger partial charge is 0.411 e. The number of carbonyl (C=O) groups is 4. The van der Waals surface area contributed by atoms with Crippen LogP contribution < -0.4 is 0 Å². The summed E-state index contributed by atoms with van der Waals surface area (Å²) in [6.45, 7) is 17.5. The Morgan fingerprint density at radius 3 is 2.34 bits per heavy atom. The summed E-state index contributed by atoms with van der Waals surface area (Å²) in [4.78, 5) is 67.3. The molecule has 3 saturated heterocycles. The zero-order valence-corrected chi connectivity index (χ0v) is 37.9. The Kier molecular flexibility index (Phi) is 15.7. The second-order valence-corrected chi connectivity index (χ2v) is 17.9. The van der Waals surface area contributed by atoms with E-state index in [1.165, 1.54) is 20.1 Å². The van der Waals surface area contributed by atoms with Gasteiger partial charge in [0.2, 0.25) is 0 Å². The van der Waals surface area contributed by atoms with Gasteiger partial charge in [0.25, 0.3) is 0 Å². The maximum absolute atomic E-state index is 14.9. The summed E-state index contributed by atoms with van der Waals surface area (Å²) in [6.07, 6.45) is 0.631. The van der Waals surface area contributed by atoms with E-state index in [4.69, 9.17) is 23.7 Å². The molecule has 0 radical (unpaired) electrons. The van der Waals surface area contributed by atoms with Gasteiger partial charge in [0, 0.05) is 62.9 Å². The molecule has 2 aromatic rings. The molecule has 0 aliphatic carbocycles. The van der Waals surface area contributed by atoms with Gasteiger partial charge in [0.1, 0.15) is 23.9 Å². The molecule has 0 bridgehead atoms. The van der Waals surface area contributed by atoms with Crippen molar-refractivity contribution in [3.05, 3.63) is 67.0 Å². The van der Waals surface area contributed by atoms with E-state index in [0.717, 1.165) is 16.7 Å². The van der Waals surface area contributed by atoms with E-state index in [0.29, 0.717) is 19.5 Å². The van der Waals surface area contributed by atoms with Gasteiger partial charge in [-0.25, -0.2) is 4.79 Å². The summed E-state index contributed by atoms with van der Waals surface area (Å²) < 4.78 is 31.4. The largest absolute Gasteiger partial charge is 0.457 e. The lowest BCUT2D eigenvalue weighted by molar-refractivity contribution is -0.295. The number of carbonyl (C=O) groups excluding carboxylic acids is 4. The number of hydrogen-bond donors (Lipinski definition) is 1. The van der Waals surface area contributed by atoms with Crippen LogP contribution in [0.4, 0.5) is 4.79 Å². The van der Waals surface area contributed by atoms with Crippen molar-refractivity contribution in [3.63, 3.8) is 0 Å². The number of likely N-dealkylation sites (N-methyl/N-ethyl adjacent to an activating group) is 2. The summed E-state index contributed by atoms with van der Waals surface area (Å²) in [6, 6.07) is 10.9. The zero-order valence-electron chi connectivity index (χ0n) is 37.9. The van der Waals surface area contributed by atoms with Gasteiger partial charge in [0.05, 0.1) is 23.9 Å². The number of ketones is 2. The number of Topliss-reactive ketones (excluding diaryl/α,β-unsaturated/α-hetero) is 2. The molecule has 336 valence electrons. The van der Waals surface area contributed by atoms with Crippen LogP contribution in [-0.4, -0.2) is 144 Å². The molecule has 61 heavy (non-hydrogen) atoms. The molecule has 0 spiro atoms. The highest BCUT2D eigenvalue weighted by Gasteiger charge is 2.61. The van der Waals surface area contributed by atoms with Crippen molar-refractivity contribution in [2.75, 3.05) is 41.3 Å². The number of methoxy groups -OCH3 is 1. The Bertz CT molecular complexity index is 1860. The first-order valence-electron chi connectivity index (χ1n) is 21.6. The van der Waals surface area contributed by atoms with Crippen molar-refractivity contribution >= 4 is 23.6 Å². The molecular weight excluding hydrogens is 781 g/mol. The summed E-state index contributed by atoms with van der Waals surface area (Å²) in [5.41, 5.74) is 0.206. The van der Waals surface area contributed by atoms with Crippen molar-refractivity contribution in [2.45, 2.75) is 128 Å². The average molecular weight is 849 g/mol. The SMILES string of the molecule is C=C[C@]12OC(=O)N(CCN(C)Cc3cccc(-c4cccnc4)c3)[C@@H]1[C@@H](C)C(=O)[C@H](C)C[C@@](C)(OC)[C@H](O[C@@H]1O[C@H](C)C[C@H](N(C)C)[C@H]1O)[C@@H](C)C(=O)[C@@H](C)C(=O)O[C@@H]2CC. The number of pyridine rings is 1. The average Bonchev–Trinajstić information content (AvgIpc) is 3.54. The number of benzene rings is 1. The molecule has 1 N–H and O–H groups in total. The van der Waals surface area contributed by atoms with Gasteiger partial charge in [-0.05, 0) is 96.1 Å². The number of aliphatic hydroxyl groups excluding tert-OH is 1. The third kappa shape index (κ3) is 10.1. The molecule has 1 amide bonds. The Morgan fingerprint density at radius 2 is 1.72 bits per heavy atom. The number of amides is 1. The third-order valence-corrected chi connectivity index (χ3v) is 13.3. The van der Waals surface area contributed by atoms with Crippen LogP contribution in [0.25, 0.3) is 11.1 Å². The maximum atomic E-state index is 14.9. The van der Waals surface area contributed by atoms with Crippen LogP contribution in [0.3, 0.4) is 0 Å². The highest BCUT2D eigenvalue weighted by molar-refractivity contribution is 6.00. The molecular formula is C47H68N4O10. The quantitative estimate of drug-likeness (QED) is 0.161. The fraction of sp³-hybridized carbons (Fsp3) is 0.638. The van der Waals surface area contributed by atoms with E-state index in [-0.39, 0.29) is 37.3 Å². The van der Waals surface area contributed by atoms with Gasteiger partial charge in [-0.3, -0.25) is 24.3 Å². The second kappa shape index (κ2) is 20.0. The number of ether oxygens (including phenoxy) is 5. The first-order chi connectivity index (χ1) is 28.8. The minimum absolute atomic E-state index is 0.101. The molecule has 4 heterocycles. The number of esters is 1. The van der Waals surface area contributed by atoms with Gasteiger partial charge in [0.15, 0.2) is 17.7 Å². The molecule has 5 rings (SSSR count). The molecule has 1 aromatic carbocycles. The van der Waals surface area contributed by atoms with Gasteiger partial charge < -0.3 is 38.6 Å². The van der Waals surface area contributed by atoms with Crippen LogP contribution in [-0.2, 0) is 44.6 Å². The molecule has 0 saturated carbocycles. The van der Waals surface area contributed by atoms with Crippen LogP contribution in [0.15, 0.2) is 61.4 Å². The summed E-state index contributed by atoms with van der Waals surface area (Å²) in [5.74, 6) is -5.25. The number of hydrogen-bond acceptors (Lipinski definition) is 13. The monoisotopic (exact) mass is 848 g/mol. The number of fused-ring (bicyclic) bond motifs is 1. The van der Waals surface area contributed by atoms with Crippen molar-refractivity contribution < 1.29 is 48.0 Å². The lowest BCUT2D eigenvalue weighted by Gasteiger charge is -2.47. The molecule has 3 fully saturated rings. The minimum Gasteiger partial charge on any atom is -0.457 e. The van der Waals surface area contributed by atoms with Crippen molar-refractivity contribution in [3.8, 4) is 11.1 Å². The van der Waals surface area contributed by atoms with Crippen LogP contribution in [0.5, 0.6) is 0 Å². The predicted molar refractivity (Wildman–Crippen MR) is 230 cm³/mol. The normalized spacial score (nSPS) is 35.4. The molecule has 0 unspecified atom stereocenters. The summed E-state index contributed by atoms with van der Waals surface area (Å²) in [7, 11) is 7.19. The number of aliphatic hydroxyl groups is 1. The standard InChI is InChI=1S/C47H68N4O10/c1-13-37-47(14-2)41(51(45(56)61-47)22-21-50(11)27-33-17-15-18-34(24-33)35-19-16-20-48-26-35)30(5)38(52)28(3)25-46(8,57-12)42(31(6)39(53)32(7)43(55)59-37)60-44-40(54)36(49(9)10)23-29(4)58-44/h14-20,24,26,28-32,36-37,40-42,44,54H,2,13,21-23,25,27H2,1,3-12H3/t28-,29-,30+,31+,32-,36+,37-,40-,41-,42-,44+,46-,47-/m1/s1. The fourth-order valence-electron chi connectivity index (χ4n) is 9.74. The summed E-state index contributed by atoms with van der Waals surface area (Å²) >= 11 is 0. The predicted octanol–water partition coefficient (Wildman–Crippen LogP) is 5.55. The van der Waals surface area contributed by atoms with E-state index < -0.39 is 83.4 Å². The lowest BCUT2D eigenvalue weighted by Crippen LogP contribution is -2.60. The molecule has 14 nitrogen and oxygen atoms in total. The Morgan fingerprint density at radius 1 is 1.02 bits per heavy atom. The fourth-order valence-corrected chi connectivity index (χ4v) is 9.74. The second-order valence-electron chi connectivity index (χ2n) is 17.9. The van der Waals surface area contributed by atoms with Gasteiger partial charge in [-0.1, -0.05) is 58.5 Å². The van der Waals surface area contributed by atoms with Crippen LogP contribution >= 0.6 is 0 Å². The van der Waals surface area contributed by atoms with E-state index >= 15 is 0 Å². The van der Waals surface area contributed by atoms with Crippen molar-refractivity contribution in [1.29, 1.82) is 0 Å². The zero-order chi connectivity index (χ0) is 45.0. The topological polar surface area (TPSA) is 157 Å². The van der Waals surface area contributed by atoms with E-state index in [2.05, 4.69) is 22.5 Å². The van der Waals surface area contributed by atoms with Crippen LogP contribution in [0.2, 0.25) is 0 Å². The minimum atomic E-state index is -1.62. The first-order valence-corrected chi connectivity index (χ1v) is 21.6. The van der Waals surface area contributed by atoms with Crippen LogP contribution in [0.1, 0.15) is 73.3 Å². The van der Waals surface area contributed by atoms with Gasteiger partial charge >= 0.3 is 12.1 Å². The third-order valence-electron chi connectivity index (χ3n) is 13.3. The first kappa shape index (κ1) is 48.0. The summed E-state index contributed by atoms with van der Waals surface area (Å²) in [5, 5.41) is 11.5. The van der Waals surface area contributed by atoms with E-state index in [9.17, 15) is 24.3 Å². The Labute approximate surface area is 361 Å². The number of nitrogens with zero attached hydrogens (tertiary/aromatic N) is 4. The van der Waals surface area contributed by atoms with E-state index in [1.807, 2.05) is 69.5 Å². The molecule has 14 heteroatoms. The van der Waals surface area contributed by atoms with Gasteiger partial charge in [-0.2, -0.15) is 0 Å². The maximum Gasteiger partial charge on any atom is 0.411 e. The highest BCUT2D eigenvalue weighted by Crippen LogP contribution is 2.44. The number of aromatic nitrogens is 1. The molecule has 3 aliphatic rings. The Hall–Kier alpha value is -4.05. The van der Waals surface area contributed by atoms with E-state index in [1.54, 1.807) is 45.7 Å². The van der Waals surface area contributed by atoms with Crippen LogP contribution in [0, 0.1) is 23.7 Å². The number of rotatable bonds is 12.